The van der Waals surface area contributed by atoms with Crippen LogP contribution >= 0.6 is 11.3 Å². The fourth-order valence-corrected chi connectivity index (χ4v) is 3.82. The predicted octanol–water partition coefficient (Wildman–Crippen LogP) is 3.56. The average Bonchev–Trinajstić information content (AvgIpc) is 3.34. The van der Waals surface area contributed by atoms with Gasteiger partial charge < -0.3 is 14.8 Å². The van der Waals surface area contributed by atoms with Crippen molar-refractivity contribution in [2.24, 2.45) is 5.41 Å². The summed E-state index contributed by atoms with van der Waals surface area (Å²) in [5, 5.41) is 14.6. The van der Waals surface area contributed by atoms with Gasteiger partial charge in [-0.25, -0.2) is 4.98 Å². The molecular formula is C17H15N3O3S. The predicted molar refractivity (Wildman–Crippen MR) is 88.8 cm³/mol. The average molecular weight is 341 g/mol. The number of nitrogens with one attached hydrogen (secondary N) is 1. The SMILES string of the molecule is N#CC1(C(=O)Nc2nc(-c3ccc4c(c3)OCO4)cs2)CCCC1. The summed E-state index contributed by atoms with van der Waals surface area (Å²) in [5.41, 5.74) is 0.753. The lowest BCUT2D eigenvalue weighted by Gasteiger charge is -2.17. The molecule has 6 nitrogen and oxygen atoms in total. The quantitative estimate of drug-likeness (QED) is 0.923. The molecule has 1 aliphatic carbocycles. The van der Waals surface area contributed by atoms with Gasteiger partial charge in [0.1, 0.15) is 5.41 Å². The van der Waals surface area contributed by atoms with Gasteiger partial charge in [-0.2, -0.15) is 5.26 Å². The number of fused-ring (bicyclic) bond motifs is 1. The van der Waals surface area contributed by atoms with Crippen LogP contribution in [0.3, 0.4) is 0 Å². The van der Waals surface area contributed by atoms with Crippen molar-refractivity contribution in [2.75, 3.05) is 12.1 Å². The van der Waals surface area contributed by atoms with E-state index < -0.39 is 5.41 Å². The molecule has 1 N–H and O–H groups in total. The zero-order chi connectivity index (χ0) is 16.6. The number of carbonyl (C=O) groups excluding carboxylic acids is 1. The van der Waals surface area contributed by atoms with E-state index in [-0.39, 0.29) is 12.7 Å². The second kappa shape index (κ2) is 5.80. The van der Waals surface area contributed by atoms with Crippen molar-refractivity contribution in [1.82, 2.24) is 4.98 Å². The summed E-state index contributed by atoms with van der Waals surface area (Å²) in [4.78, 5) is 16.9. The lowest BCUT2D eigenvalue weighted by atomic mass is 9.87. The van der Waals surface area contributed by atoms with E-state index >= 15 is 0 Å². The molecule has 1 amide bonds. The Balaban J connectivity index is 1.53. The number of hydrogen-bond donors (Lipinski definition) is 1. The van der Waals surface area contributed by atoms with Gasteiger partial charge in [0, 0.05) is 10.9 Å². The number of thiazole rings is 1. The standard InChI is InChI=1S/C17H15N3O3S/c18-9-17(5-1-2-6-17)15(21)20-16-19-12(8-24-16)11-3-4-13-14(7-11)23-10-22-13/h3-4,7-8H,1-2,5-6,10H2,(H,19,20,21). The topological polar surface area (TPSA) is 84.2 Å². The van der Waals surface area contributed by atoms with Crippen molar-refractivity contribution in [3.05, 3.63) is 23.6 Å². The summed E-state index contributed by atoms with van der Waals surface area (Å²) in [6.07, 6.45) is 3.08. The van der Waals surface area contributed by atoms with Crippen molar-refractivity contribution in [1.29, 1.82) is 5.26 Å². The number of rotatable bonds is 3. The first-order valence-corrected chi connectivity index (χ1v) is 8.66. The minimum atomic E-state index is -0.898. The summed E-state index contributed by atoms with van der Waals surface area (Å²) in [6, 6.07) is 7.82. The summed E-state index contributed by atoms with van der Waals surface area (Å²) < 4.78 is 10.7. The highest BCUT2D eigenvalue weighted by Crippen LogP contribution is 2.39. The maximum Gasteiger partial charge on any atom is 0.246 e. The lowest BCUT2D eigenvalue weighted by molar-refractivity contribution is -0.122. The number of carbonyl (C=O) groups is 1. The number of anilines is 1. The van der Waals surface area contributed by atoms with Gasteiger partial charge in [-0.15, -0.1) is 11.3 Å². The summed E-state index contributed by atoms with van der Waals surface area (Å²) in [7, 11) is 0. The van der Waals surface area contributed by atoms with Gasteiger partial charge >= 0.3 is 0 Å². The van der Waals surface area contributed by atoms with Crippen LogP contribution in [0.5, 0.6) is 11.5 Å². The molecule has 0 saturated heterocycles. The molecule has 2 aromatic rings. The van der Waals surface area contributed by atoms with Gasteiger partial charge in [0.2, 0.25) is 12.7 Å². The maximum absolute atomic E-state index is 12.5. The fourth-order valence-electron chi connectivity index (χ4n) is 3.10. The van der Waals surface area contributed by atoms with Gasteiger partial charge in [0.15, 0.2) is 16.6 Å². The van der Waals surface area contributed by atoms with Crippen molar-refractivity contribution in [3.8, 4) is 28.8 Å². The van der Waals surface area contributed by atoms with Crippen LogP contribution in [0.15, 0.2) is 23.6 Å². The third-order valence-electron chi connectivity index (χ3n) is 4.50. The Hall–Kier alpha value is -2.59. The molecule has 0 radical (unpaired) electrons. The van der Waals surface area contributed by atoms with Crippen molar-refractivity contribution < 1.29 is 14.3 Å². The molecule has 2 heterocycles. The first-order valence-electron chi connectivity index (χ1n) is 7.78. The first kappa shape index (κ1) is 15.0. The molecule has 1 aromatic heterocycles. The van der Waals surface area contributed by atoms with E-state index in [1.54, 1.807) is 0 Å². The van der Waals surface area contributed by atoms with E-state index in [1.807, 2.05) is 23.6 Å². The van der Waals surface area contributed by atoms with Crippen molar-refractivity contribution in [3.63, 3.8) is 0 Å². The molecule has 0 atom stereocenters. The molecule has 0 spiro atoms. The first-order chi connectivity index (χ1) is 11.7. The number of ether oxygens (including phenoxy) is 2. The van der Waals surface area contributed by atoms with E-state index in [1.165, 1.54) is 11.3 Å². The second-order valence-corrected chi connectivity index (χ2v) is 6.82. The Bertz CT molecular complexity index is 834. The summed E-state index contributed by atoms with van der Waals surface area (Å²) >= 11 is 1.35. The summed E-state index contributed by atoms with van der Waals surface area (Å²) in [6.45, 7) is 0.230. The summed E-state index contributed by atoms with van der Waals surface area (Å²) in [5.74, 6) is 1.18. The monoisotopic (exact) mass is 341 g/mol. The molecule has 1 aromatic carbocycles. The van der Waals surface area contributed by atoms with Crippen LogP contribution in [0.2, 0.25) is 0 Å². The molecule has 0 unspecified atom stereocenters. The molecule has 1 saturated carbocycles. The Kier molecular flexibility index (Phi) is 3.62. The molecule has 4 rings (SSSR count). The third-order valence-corrected chi connectivity index (χ3v) is 5.26. The third kappa shape index (κ3) is 2.49. The number of benzene rings is 1. The van der Waals surface area contributed by atoms with Crippen molar-refractivity contribution in [2.45, 2.75) is 25.7 Å². The Morgan fingerprint density at radius 2 is 2.08 bits per heavy atom. The lowest BCUT2D eigenvalue weighted by Crippen LogP contribution is -2.32. The minimum Gasteiger partial charge on any atom is -0.454 e. The molecule has 122 valence electrons. The van der Waals surface area contributed by atoms with Crippen LogP contribution in [-0.4, -0.2) is 17.7 Å². The normalized spacial score (nSPS) is 17.5. The van der Waals surface area contributed by atoms with Crippen LogP contribution < -0.4 is 14.8 Å². The zero-order valence-electron chi connectivity index (χ0n) is 12.9. The van der Waals surface area contributed by atoms with Gasteiger partial charge in [0.25, 0.3) is 0 Å². The maximum atomic E-state index is 12.5. The van der Waals surface area contributed by atoms with E-state index in [4.69, 9.17) is 9.47 Å². The number of amides is 1. The highest BCUT2D eigenvalue weighted by atomic mass is 32.1. The molecule has 1 aliphatic heterocycles. The number of hydrogen-bond acceptors (Lipinski definition) is 6. The smallest absolute Gasteiger partial charge is 0.246 e. The largest absolute Gasteiger partial charge is 0.454 e. The Labute approximate surface area is 143 Å². The number of aromatic nitrogens is 1. The Morgan fingerprint density at radius 1 is 1.29 bits per heavy atom. The van der Waals surface area contributed by atoms with Crippen LogP contribution in [-0.2, 0) is 4.79 Å². The number of nitriles is 1. The van der Waals surface area contributed by atoms with Crippen LogP contribution in [0.4, 0.5) is 5.13 Å². The van der Waals surface area contributed by atoms with Gasteiger partial charge in [-0.3, -0.25) is 4.79 Å². The van der Waals surface area contributed by atoms with Gasteiger partial charge in [-0.05, 0) is 31.0 Å². The molecule has 1 fully saturated rings. The molecule has 2 aliphatic rings. The number of nitrogens with zero attached hydrogens (tertiary/aromatic N) is 2. The van der Waals surface area contributed by atoms with Crippen LogP contribution in [0.1, 0.15) is 25.7 Å². The fraction of sp³-hybridized carbons (Fsp3) is 0.353. The van der Waals surface area contributed by atoms with E-state index in [0.29, 0.717) is 23.7 Å². The molecule has 7 heteroatoms. The minimum absolute atomic E-state index is 0.230. The zero-order valence-corrected chi connectivity index (χ0v) is 13.7. The highest BCUT2D eigenvalue weighted by molar-refractivity contribution is 7.14. The van der Waals surface area contributed by atoms with Gasteiger partial charge in [0.05, 0.1) is 11.8 Å². The van der Waals surface area contributed by atoms with Crippen molar-refractivity contribution >= 4 is 22.4 Å². The van der Waals surface area contributed by atoms with Crippen LogP contribution in [0.25, 0.3) is 11.3 Å². The molecule has 0 bridgehead atoms. The van der Waals surface area contributed by atoms with E-state index in [0.717, 1.165) is 29.8 Å². The second-order valence-electron chi connectivity index (χ2n) is 5.96. The van der Waals surface area contributed by atoms with E-state index in [9.17, 15) is 10.1 Å². The van der Waals surface area contributed by atoms with E-state index in [2.05, 4.69) is 16.4 Å². The van der Waals surface area contributed by atoms with Crippen LogP contribution in [0, 0.1) is 16.7 Å². The highest BCUT2D eigenvalue weighted by Gasteiger charge is 2.41. The van der Waals surface area contributed by atoms with Gasteiger partial charge in [-0.1, -0.05) is 12.8 Å². The molecular weight excluding hydrogens is 326 g/mol. The molecule has 24 heavy (non-hydrogen) atoms. The Morgan fingerprint density at radius 3 is 2.88 bits per heavy atom.